The molecule has 3 heteroatoms. The van der Waals surface area contributed by atoms with E-state index in [0.29, 0.717) is 10.8 Å². The monoisotopic (exact) mass is 156 g/mol. The molecule has 0 radical (unpaired) electrons. The number of aromatic nitrogens is 1. The molecule has 0 bridgehead atoms. The first kappa shape index (κ1) is 7.35. The van der Waals surface area contributed by atoms with Crippen LogP contribution < -0.4 is 5.73 Å². The SMILES string of the molecule is Cc1cc(C)c(N)c(Cl)n1. The van der Waals surface area contributed by atoms with Crippen LogP contribution in [0.5, 0.6) is 0 Å². The van der Waals surface area contributed by atoms with E-state index in [-0.39, 0.29) is 0 Å². The number of halogens is 1. The van der Waals surface area contributed by atoms with Gasteiger partial charge in [-0.25, -0.2) is 4.98 Å². The summed E-state index contributed by atoms with van der Waals surface area (Å²) in [5.74, 6) is 0. The minimum absolute atomic E-state index is 0.400. The van der Waals surface area contributed by atoms with E-state index in [2.05, 4.69) is 4.98 Å². The highest BCUT2D eigenvalue weighted by Gasteiger charge is 2.00. The molecule has 0 fully saturated rings. The highest BCUT2D eigenvalue weighted by molar-refractivity contribution is 6.32. The van der Waals surface area contributed by atoms with Gasteiger partial charge in [0, 0.05) is 5.69 Å². The van der Waals surface area contributed by atoms with Crippen molar-refractivity contribution in [3.05, 3.63) is 22.5 Å². The number of pyridine rings is 1. The number of rotatable bonds is 0. The lowest BCUT2D eigenvalue weighted by Gasteiger charge is -2.01. The average molecular weight is 157 g/mol. The maximum absolute atomic E-state index is 5.68. The highest BCUT2D eigenvalue weighted by Crippen LogP contribution is 2.19. The van der Waals surface area contributed by atoms with Crippen LogP contribution in [0.1, 0.15) is 11.3 Å². The summed E-state index contributed by atoms with van der Waals surface area (Å²) in [7, 11) is 0. The third-order valence-corrected chi connectivity index (χ3v) is 1.64. The Hall–Kier alpha value is -0.760. The molecule has 0 amide bonds. The molecule has 0 aromatic carbocycles. The normalized spacial score (nSPS) is 9.90. The minimum atomic E-state index is 0.400. The Labute approximate surface area is 65.0 Å². The number of nitrogen functional groups attached to an aromatic ring is 1. The van der Waals surface area contributed by atoms with Gasteiger partial charge in [-0.15, -0.1) is 0 Å². The molecule has 0 aliphatic heterocycles. The molecule has 0 aliphatic rings. The van der Waals surface area contributed by atoms with Gasteiger partial charge in [0.1, 0.15) is 0 Å². The molecule has 0 aliphatic carbocycles. The molecule has 1 aromatic rings. The number of anilines is 1. The molecule has 2 N–H and O–H groups in total. The van der Waals surface area contributed by atoms with Crippen molar-refractivity contribution in [1.29, 1.82) is 0 Å². The summed E-state index contributed by atoms with van der Waals surface area (Å²) in [4.78, 5) is 3.97. The topological polar surface area (TPSA) is 38.9 Å². The van der Waals surface area contributed by atoms with Crippen LogP contribution in [0.3, 0.4) is 0 Å². The molecule has 1 rings (SSSR count). The molecule has 0 saturated carbocycles. The van der Waals surface area contributed by atoms with Gasteiger partial charge in [-0.05, 0) is 25.5 Å². The van der Waals surface area contributed by atoms with Gasteiger partial charge < -0.3 is 5.73 Å². The molecular formula is C7H9ClN2. The zero-order valence-electron chi connectivity index (χ0n) is 5.98. The third-order valence-electron chi connectivity index (χ3n) is 1.35. The standard InChI is InChI=1S/C7H9ClN2/c1-4-3-5(2)10-7(8)6(4)9/h3H,9H2,1-2H3. The van der Waals surface area contributed by atoms with Crippen LogP contribution in [0.2, 0.25) is 5.15 Å². The summed E-state index contributed by atoms with van der Waals surface area (Å²) >= 11 is 5.68. The van der Waals surface area contributed by atoms with Gasteiger partial charge in [-0.3, -0.25) is 0 Å². The zero-order valence-corrected chi connectivity index (χ0v) is 6.74. The van der Waals surface area contributed by atoms with Crippen molar-refractivity contribution in [3.63, 3.8) is 0 Å². The predicted molar refractivity (Wildman–Crippen MR) is 43.1 cm³/mol. The Bertz CT molecular complexity index is 235. The lowest BCUT2D eigenvalue weighted by Crippen LogP contribution is -1.94. The highest BCUT2D eigenvalue weighted by atomic mass is 35.5. The molecule has 0 spiro atoms. The second-order valence-corrected chi connectivity index (χ2v) is 2.64. The summed E-state index contributed by atoms with van der Waals surface area (Å²) < 4.78 is 0. The number of hydrogen-bond donors (Lipinski definition) is 1. The average Bonchev–Trinajstić information content (AvgIpc) is 1.82. The Morgan fingerprint density at radius 1 is 1.50 bits per heavy atom. The van der Waals surface area contributed by atoms with E-state index in [9.17, 15) is 0 Å². The van der Waals surface area contributed by atoms with Crippen molar-refractivity contribution >= 4 is 17.3 Å². The van der Waals surface area contributed by atoms with Gasteiger partial charge in [0.15, 0.2) is 5.15 Å². The molecule has 2 nitrogen and oxygen atoms in total. The second-order valence-electron chi connectivity index (χ2n) is 2.29. The first-order valence-electron chi connectivity index (χ1n) is 3.00. The van der Waals surface area contributed by atoms with Crippen LogP contribution >= 0.6 is 11.6 Å². The summed E-state index contributed by atoms with van der Waals surface area (Å²) in [6.45, 7) is 3.80. The number of hydrogen-bond acceptors (Lipinski definition) is 2. The molecule has 0 saturated heterocycles. The fourth-order valence-electron chi connectivity index (χ4n) is 0.801. The number of aryl methyl sites for hydroxylation is 2. The Morgan fingerprint density at radius 3 is 2.60 bits per heavy atom. The van der Waals surface area contributed by atoms with Crippen molar-refractivity contribution in [2.75, 3.05) is 5.73 Å². The van der Waals surface area contributed by atoms with Gasteiger partial charge in [0.2, 0.25) is 0 Å². The lowest BCUT2D eigenvalue weighted by atomic mass is 10.2. The minimum Gasteiger partial charge on any atom is -0.396 e. The quantitative estimate of drug-likeness (QED) is 0.583. The first-order valence-corrected chi connectivity index (χ1v) is 3.38. The van der Waals surface area contributed by atoms with E-state index in [4.69, 9.17) is 17.3 Å². The third kappa shape index (κ3) is 1.21. The molecule has 1 aromatic heterocycles. The van der Waals surface area contributed by atoms with E-state index < -0.39 is 0 Å². The van der Waals surface area contributed by atoms with Crippen LogP contribution in [0, 0.1) is 13.8 Å². The first-order chi connectivity index (χ1) is 4.61. The van der Waals surface area contributed by atoms with Crippen molar-refractivity contribution in [1.82, 2.24) is 4.98 Å². The lowest BCUT2D eigenvalue weighted by molar-refractivity contribution is 1.18. The summed E-state index contributed by atoms with van der Waals surface area (Å²) in [6, 6.07) is 1.90. The van der Waals surface area contributed by atoms with E-state index >= 15 is 0 Å². The van der Waals surface area contributed by atoms with Gasteiger partial charge >= 0.3 is 0 Å². The van der Waals surface area contributed by atoms with E-state index in [1.54, 1.807) is 0 Å². The Morgan fingerprint density at radius 2 is 2.10 bits per heavy atom. The van der Waals surface area contributed by atoms with Crippen molar-refractivity contribution in [3.8, 4) is 0 Å². The fraction of sp³-hybridized carbons (Fsp3) is 0.286. The van der Waals surface area contributed by atoms with Crippen molar-refractivity contribution in [2.45, 2.75) is 13.8 Å². The van der Waals surface area contributed by atoms with Crippen LogP contribution in [0.4, 0.5) is 5.69 Å². The molecular weight excluding hydrogens is 148 g/mol. The van der Waals surface area contributed by atoms with Gasteiger partial charge in [-0.1, -0.05) is 11.6 Å². The summed E-state index contributed by atoms with van der Waals surface area (Å²) in [6.07, 6.45) is 0. The van der Waals surface area contributed by atoms with Gasteiger partial charge in [0.25, 0.3) is 0 Å². The molecule has 1 heterocycles. The molecule has 0 unspecified atom stereocenters. The fourth-order valence-corrected chi connectivity index (χ4v) is 1.08. The van der Waals surface area contributed by atoms with E-state index in [1.165, 1.54) is 0 Å². The Balaban J connectivity index is 3.31. The van der Waals surface area contributed by atoms with Gasteiger partial charge in [-0.2, -0.15) is 0 Å². The van der Waals surface area contributed by atoms with Crippen LogP contribution in [-0.4, -0.2) is 4.98 Å². The van der Waals surface area contributed by atoms with Gasteiger partial charge in [0.05, 0.1) is 5.69 Å². The summed E-state index contributed by atoms with van der Waals surface area (Å²) in [5.41, 5.74) is 8.02. The number of nitrogens with two attached hydrogens (primary N) is 1. The Kier molecular flexibility index (Phi) is 1.81. The number of nitrogens with zero attached hydrogens (tertiary/aromatic N) is 1. The van der Waals surface area contributed by atoms with Crippen molar-refractivity contribution < 1.29 is 0 Å². The van der Waals surface area contributed by atoms with E-state index in [1.807, 2.05) is 19.9 Å². The second kappa shape index (κ2) is 2.46. The molecule has 10 heavy (non-hydrogen) atoms. The largest absolute Gasteiger partial charge is 0.396 e. The van der Waals surface area contributed by atoms with Crippen LogP contribution in [0.15, 0.2) is 6.07 Å². The van der Waals surface area contributed by atoms with E-state index in [0.717, 1.165) is 11.3 Å². The van der Waals surface area contributed by atoms with Crippen molar-refractivity contribution in [2.24, 2.45) is 0 Å². The van der Waals surface area contributed by atoms with Crippen LogP contribution in [-0.2, 0) is 0 Å². The summed E-state index contributed by atoms with van der Waals surface area (Å²) in [5, 5.41) is 0.400. The molecule has 0 atom stereocenters. The molecule has 54 valence electrons. The van der Waals surface area contributed by atoms with Crippen LogP contribution in [0.25, 0.3) is 0 Å². The zero-order chi connectivity index (χ0) is 7.72. The predicted octanol–water partition coefficient (Wildman–Crippen LogP) is 1.93. The maximum Gasteiger partial charge on any atom is 0.152 e. The maximum atomic E-state index is 5.68. The smallest absolute Gasteiger partial charge is 0.152 e.